The lowest BCUT2D eigenvalue weighted by molar-refractivity contribution is -0.385. The lowest BCUT2D eigenvalue weighted by Gasteiger charge is -2.13. The Labute approximate surface area is 128 Å². The van der Waals surface area contributed by atoms with Gasteiger partial charge in [-0.05, 0) is 31.9 Å². The van der Waals surface area contributed by atoms with Gasteiger partial charge in [0.2, 0.25) is 5.82 Å². The first-order valence-corrected chi connectivity index (χ1v) is 7.03. The minimum Gasteiger partial charge on any atom is -0.470 e. The van der Waals surface area contributed by atoms with Crippen molar-refractivity contribution in [2.45, 2.75) is 33.3 Å². The van der Waals surface area contributed by atoms with Crippen LogP contribution in [-0.2, 0) is 6.42 Å². The molecule has 0 amide bonds. The normalized spacial score (nSPS) is 10.5. The Hall–Kier alpha value is -2.70. The first kappa shape index (κ1) is 15.7. The number of nitrogens with one attached hydrogen (secondary N) is 1. The molecule has 0 saturated heterocycles. The maximum atomic E-state index is 11.4. The van der Waals surface area contributed by atoms with E-state index in [4.69, 9.17) is 4.74 Å². The summed E-state index contributed by atoms with van der Waals surface area (Å²) in [5.41, 5.74) is 1.56. The summed E-state index contributed by atoms with van der Waals surface area (Å²) in [6.07, 6.45) is 1.84. The zero-order valence-electron chi connectivity index (χ0n) is 12.7. The average Bonchev–Trinajstić information content (AvgIpc) is 2.47. The van der Waals surface area contributed by atoms with Crippen molar-refractivity contribution in [2.24, 2.45) is 0 Å². The highest BCUT2D eigenvalue weighted by molar-refractivity contribution is 5.70. The summed E-state index contributed by atoms with van der Waals surface area (Å²) in [6, 6.07) is 7.60. The first-order valence-electron chi connectivity index (χ1n) is 7.03. The van der Waals surface area contributed by atoms with Crippen molar-refractivity contribution in [1.82, 2.24) is 9.97 Å². The van der Waals surface area contributed by atoms with E-state index in [0.29, 0.717) is 0 Å². The summed E-state index contributed by atoms with van der Waals surface area (Å²) >= 11 is 0. The van der Waals surface area contributed by atoms with E-state index in [1.54, 1.807) is 13.8 Å². The van der Waals surface area contributed by atoms with Crippen LogP contribution < -0.4 is 10.1 Å². The molecule has 0 radical (unpaired) electrons. The highest BCUT2D eigenvalue weighted by Gasteiger charge is 2.25. The van der Waals surface area contributed by atoms with E-state index in [0.717, 1.165) is 17.7 Å². The third-order valence-electron chi connectivity index (χ3n) is 2.97. The number of hydrogen-bond acceptors (Lipinski definition) is 6. The van der Waals surface area contributed by atoms with Crippen LogP contribution in [0.2, 0.25) is 0 Å². The van der Waals surface area contributed by atoms with E-state index >= 15 is 0 Å². The van der Waals surface area contributed by atoms with Gasteiger partial charge >= 0.3 is 5.69 Å². The van der Waals surface area contributed by atoms with Crippen LogP contribution in [0.3, 0.4) is 0 Å². The van der Waals surface area contributed by atoms with Crippen LogP contribution >= 0.6 is 0 Å². The van der Waals surface area contributed by atoms with Crippen LogP contribution in [0.25, 0.3) is 0 Å². The molecular formula is C15H18N4O3. The number of rotatable bonds is 6. The number of nitro groups is 1. The van der Waals surface area contributed by atoms with E-state index in [1.807, 2.05) is 31.2 Å². The molecule has 1 aromatic carbocycles. The summed E-state index contributed by atoms with van der Waals surface area (Å²) in [5, 5.41) is 14.4. The Kier molecular flexibility index (Phi) is 4.88. The van der Waals surface area contributed by atoms with Crippen LogP contribution in [0.15, 0.2) is 30.6 Å². The Balaban J connectivity index is 2.44. The molecule has 1 heterocycles. The zero-order valence-corrected chi connectivity index (χ0v) is 12.7. The van der Waals surface area contributed by atoms with Gasteiger partial charge in [0.15, 0.2) is 0 Å². The Morgan fingerprint density at radius 1 is 1.32 bits per heavy atom. The van der Waals surface area contributed by atoms with Crippen LogP contribution in [-0.4, -0.2) is 21.0 Å². The fraction of sp³-hybridized carbons (Fsp3) is 0.333. The molecule has 0 unspecified atom stereocenters. The van der Waals surface area contributed by atoms with Crippen molar-refractivity contribution >= 4 is 17.2 Å². The van der Waals surface area contributed by atoms with Crippen LogP contribution in [0.5, 0.6) is 5.88 Å². The van der Waals surface area contributed by atoms with Crippen LogP contribution in [0.1, 0.15) is 26.3 Å². The molecule has 22 heavy (non-hydrogen) atoms. The van der Waals surface area contributed by atoms with E-state index in [1.165, 1.54) is 6.33 Å². The van der Waals surface area contributed by atoms with Crippen molar-refractivity contribution < 1.29 is 9.66 Å². The minimum atomic E-state index is -0.533. The molecule has 0 aliphatic rings. The second kappa shape index (κ2) is 6.84. The van der Waals surface area contributed by atoms with E-state index in [-0.39, 0.29) is 23.5 Å². The first-order chi connectivity index (χ1) is 10.5. The molecule has 1 N–H and O–H groups in total. The van der Waals surface area contributed by atoms with Gasteiger partial charge in [0.1, 0.15) is 6.33 Å². The Morgan fingerprint density at radius 3 is 2.68 bits per heavy atom. The van der Waals surface area contributed by atoms with Crippen molar-refractivity contribution in [2.75, 3.05) is 5.32 Å². The number of aromatic nitrogens is 2. The number of ether oxygens (including phenoxy) is 1. The quantitative estimate of drug-likeness (QED) is 0.649. The summed E-state index contributed by atoms with van der Waals surface area (Å²) in [7, 11) is 0. The lowest BCUT2D eigenvalue weighted by atomic mass is 10.1. The molecule has 0 atom stereocenters. The molecule has 7 nitrogen and oxygen atoms in total. The molecule has 116 valence electrons. The van der Waals surface area contributed by atoms with Crippen molar-refractivity contribution in [1.29, 1.82) is 0 Å². The second-order valence-corrected chi connectivity index (χ2v) is 4.94. The Bertz CT molecular complexity index is 674. The minimum absolute atomic E-state index is 0.0357. The molecule has 2 aromatic rings. The third-order valence-corrected chi connectivity index (χ3v) is 2.97. The average molecular weight is 302 g/mol. The van der Waals surface area contributed by atoms with Crippen LogP contribution in [0, 0.1) is 10.1 Å². The van der Waals surface area contributed by atoms with E-state index in [2.05, 4.69) is 15.3 Å². The molecule has 0 spiro atoms. The Morgan fingerprint density at radius 2 is 2.05 bits per heavy atom. The molecule has 0 saturated carbocycles. The molecule has 0 bridgehead atoms. The third kappa shape index (κ3) is 3.49. The fourth-order valence-electron chi connectivity index (χ4n) is 2.01. The SMILES string of the molecule is CCc1ccccc1Nc1ncnc(OC(C)C)c1[N+](=O)[O-]. The van der Waals surface area contributed by atoms with Crippen molar-refractivity contribution in [3.05, 3.63) is 46.3 Å². The summed E-state index contributed by atoms with van der Waals surface area (Å²) in [6.45, 7) is 5.58. The van der Waals surface area contributed by atoms with E-state index in [9.17, 15) is 10.1 Å². The molecule has 7 heteroatoms. The number of hydrogen-bond donors (Lipinski definition) is 1. The molecule has 0 aliphatic heterocycles. The number of para-hydroxylation sites is 1. The number of benzene rings is 1. The summed E-state index contributed by atoms with van der Waals surface area (Å²) < 4.78 is 5.41. The van der Waals surface area contributed by atoms with Gasteiger partial charge in [0.05, 0.1) is 11.0 Å². The van der Waals surface area contributed by atoms with Gasteiger partial charge in [0, 0.05) is 5.69 Å². The van der Waals surface area contributed by atoms with E-state index < -0.39 is 4.92 Å². The lowest BCUT2D eigenvalue weighted by Crippen LogP contribution is -2.11. The van der Waals surface area contributed by atoms with Crippen molar-refractivity contribution in [3.8, 4) is 5.88 Å². The smallest absolute Gasteiger partial charge is 0.373 e. The number of aryl methyl sites for hydroxylation is 1. The van der Waals surface area contributed by atoms with Crippen molar-refractivity contribution in [3.63, 3.8) is 0 Å². The molecule has 0 fully saturated rings. The largest absolute Gasteiger partial charge is 0.470 e. The van der Waals surface area contributed by atoms with Gasteiger partial charge in [-0.2, -0.15) is 4.98 Å². The zero-order chi connectivity index (χ0) is 16.1. The highest BCUT2D eigenvalue weighted by atomic mass is 16.6. The van der Waals surface area contributed by atoms with Gasteiger partial charge in [-0.3, -0.25) is 10.1 Å². The van der Waals surface area contributed by atoms with Crippen LogP contribution in [0.4, 0.5) is 17.2 Å². The molecular weight excluding hydrogens is 284 g/mol. The predicted octanol–water partition coefficient (Wildman–Crippen LogP) is 3.48. The monoisotopic (exact) mass is 302 g/mol. The van der Waals surface area contributed by atoms with Gasteiger partial charge in [-0.1, -0.05) is 25.1 Å². The maximum absolute atomic E-state index is 11.4. The molecule has 0 aliphatic carbocycles. The summed E-state index contributed by atoms with van der Waals surface area (Å²) in [4.78, 5) is 18.7. The summed E-state index contributed by atoms with van der Waals surface area (Å²) in [5.74, 6) is 0.0861. The standard InChI is InChI=1S/C15H18N4O3/c1-4-11-7-5-6-8-12(11)18-14-13(19(20)21)15(17-9-16-14)22-10(2)3/h5-10H,4H2,1-3H3,(H,16,17,18). The predicted molar refractivity (Wildman–Crippen MR) is 83.6 cm³/mol. The van der Waals surface area contributed by atoms with Gasteiger partial charge < -0.3 is 10.1 Å². The topological polar surface area (TPSA) is 90.2 Å². The number of nitrogens with zero attached hydrogens (tertiary/aromatic N) is 3. The molecule has 1 aromatic heterocycles. The van der Waals surface area contributed by atoms with Gasteiger partial charge in [-0.15, -0.1) is 0 Å². The highest BCUT2D eigenvalue weighted by Crippen LogP contribution is 2.34. The second-order valence-electron chi connectivity index (χ2n) is 4.94. The molecule has 2 rings (SSSR count). The van der Waals surface area contributed by atoms with Gasteiger partial charge in [-0.25, -0.2) is 4.98 Å². The fourth-order valence-corrected chi connectivity index (χ4v) is 2.01. The van der Waals surface area contributed by atoms with Gasteiger partial charge in [0.25, 0.3) is 5.88 Å². The maximum Gasteiger partial charge on any atom is 0.373 e. The number of anilines is 2.